The smallest absolute Gasteiger partial charge is 0.242 e. The molecular formula is C14H24N6O. The van der Waals surface area contributed by atoms with Crippen LogP contribution in [0.15, 0.2) is 0 Å². The average Bonchev–Trinajstić information content (AvgIpc) is 2.92. The third-order valence-corrected chi connectivity index (χ3v) is 3.52. The molecule has 0 fully saturated rings. The predicted molar refractivity (Wildman–Crippen MR) is 82.9 cm³/mol. The Kier molecular flexibility index (Phi) is 4.20. The van der Waals surface area contributed by atoms with E-state index in [1.54, 1.807) is 4.57 Å². The molecular weight excluding hydrogens is 268 g/mol. The molecule has 2 heterocycles. The molecule has 0 bridgehead atoms. The lowest BCUT2D eigenvalue weighted by molar-refractivity contribution is -0.123. The lowest BCUT2D eigenvalue weighted by Crippen LogP contribution is -2.34. The third-order valence-electron chi connectivity index (χ3n) is 3.52. The summed E-state index contributed by atoms with van der Waals surface area (Å²) in [6, 6.07) is -0.421. The van der Waals surface area contributed by atoms with Crippen molar-refractivity contribution in [2.24, 2.45) is 5.92 Å². The van der Waals surface area contributed by atoms with Gasteiger partial charge in [0.05, 0.1) is 5.69 Å². The van der Waals surface area contributed by atoms with Crippen LogP contribution < -0.4 is 11.1 Å². The van der Waals surface area contributed by atoms with Crippen LogP contribution in [-0.4, -0.2) is 31.8 Å². The predicted octanol–water partition coefficient (Wildman–Crippen LogP) is 1.48. The number of fused-ring (bicyclic) bond motifs is 1. The van der Waals surface area contributed by atoms with Crippen molar-refractivity contribution in [3.05, 3.63) is 5.69 Å². The molecule has 0 aromatic carbocycles. The maximum Gasteiger partial charge on any atom is 0.242 e. The van der Waals surface area contributed by atoms with Crippen molar-refractivity contribution in [1.82, 2.24) is 24.6 Å². The summed E-state index contributed by atoms with van der Waals surface area (Å²) in [7, 11) is 0. The summed E-state index contributed by atoms with van der Waals surface area (Å²) in [4.78, 5) is 16.7. The van der Waals surface area contributed by atoms with Crippen molar-refractivity contribution in [1.29, 1.82) is 0 Å². The van der Waals surface area contributed by atoms with E-state index >= 15 is 0 Å². The van der Waals surface area contributed by atoms with E-state index in [-0.39, 0.29) is 5.91 Å². The fourth-order valence-corrected chi connectivity index (χ4v) is 2.38. The molecule has 2 rings (SSSR count). The van der Waals surface area contributed by atoms with Crippen molar-refractivity contribution in [2.45, 2.75) is 47.2 Å². The second kappa shape index (κ2) is 5.75. The number of aryl methyl sites for hydroxylation is 2. The summed E-state index contributed by atoms with van der Waals surface area (Å²) < 4.78 is 3.59. The van der Waals surface area contributed by atoms with E-state index in [2.05, 4.69) is 29.2 Å². The van der Waals surface area contributed by atoms with Crippen LogP contribution in [0.2, 0.25) is 0 Å². The van der Waals surface area contributed by atoms with Gasteiger partial charge in [-0.15, -0.1) is 0 Å². The molecule has 116 valence electrons. The third kappa shape index (κ3) is 2.72. The van der Waals surface area contributed by atoms with Crippen molar-refractivity contribution in [2.75, 3.05) is 12.3 Å². The number of hydrogen-bond donors (Lipinski definition) is 2. The molecule has 0 aliphatic rings. The van der Waals surface area contributed by atoms with Crippen molar-refractivity contribution < 1.29 is 4.79 Å². The standard InChI is InChI=1S/C14H24N6O/c1-6-19-13-11(9(4)18-19)17-14(15)20(13)10(5)12(21)16-7-8(2)3/h8,10H,6-7H2,1-5H3,(H2,15,17)(H,16,21). The maximum atomic E-state index is 12.3. The van der Waals surface area contributed by atoms with Crippen molar-refractivity contribution in [3.8, 4) is 0 Å². The molecule has 2 aromatic heterocycles. The first-order valence-corrected chi connectivity index (χ1v) is 7.35. The van der Waals surface area contributed by atoms with Crippen LogP contribution in [0.3, 0.4) is 0 Å². The molecule has 2 aromatic rings. The summed E-state index contributed by atoms with van der Waals surface area (Å²) >= 11 is 0. The van der Waals surface area contributed by atoms with Crippen LogP contribution in [0.1, 0.15) is 39.4 Å². The van der Waals surface area contributed by atoms with Gasteiger partial charge in [0.1, 0.15) is 11.6 Å². The Bertz CT molecular complexity index is 654. The lowest BCUT2D eigenvalue weighted by Gasteiger charge is -2.17. The highest BCUT2D eigenvalue weighted by Gasteiger charge is 2.24. The Hall–Kier alpha value is -2.05. The molecule has 0 radical (unpaired) electrons. The van der Waals surface area contributed by atoms with E-state index in [1.165, 1.54) is 0 Å². The number of rotatable bonds is 5. The van der Waals surface area contributed by atoms with E-state index < -0.39 is 6.04 Å². The van der Waals surface area contributed by atoms with Crippen LogP contribution in [0.25, 0.3) is 11.2 Å². The molecule has 0 aliphatic carbocycles. The van der Waals surface area contributed by atoms with Crippen LogP contribution in [0.5, 0.6) is 0 Å². The van der Waals surface area contributed by atoms with E-state index in [1.807, 2.05) is 25.5 Å². The summed E-state index contributed by atoms with van der Waals surface area (Å²) in [5, 5.41) is 7.37. The van der Waals surface area contributed by atoms with Crippen molar-refractivity contribution >= 4 is 23.0 Å². The number of nitrogens with one attached hydrogen (secondary N) is 1. The number of nitrogens with zero attached hydrogens (tertiary/aromatic N) is 4. The monoisotopic (exact) mass is 292 g/mol. The first-order chi connectivity index (χ1) is 9.86. The zero-order chi connectivity index (χ0) is 15.7. The maximum absolute atomic E-state index is 12.3. The number of nitrogens with two attached hydrogens (primary N) is 1. The molecule has 1 amide bonds. The van der Waals surface area contributed by atoms with E-state index in [0.717, 1.165) is 16.9 Å². The quantitative estimate of drug-likeness (QED) is 0.873. The van der Waals surface area contributed by atoms with Gasteiger partial charge in [0, 0.05) is 13.1 Å². The Morgan fingerprint density at radius 2 is 2.05 bits per heavy atom. The number of carbonyl (C=O) groups excluding carboxylic acids is 1. The van der Waals surface area contributed by atoms with Gasteiger partial charge in [-0.25, -0.2) is 9.67 Å². The molecule has 1 atom stereocenters. The Morgan fingerprint density at radius 3 is 2.62 bits per heavy atom. The molecule has 21 heavy (non-hydrogen) atoms. The fraction of sp³-hybridized carbons (Fsp3) is 0.643. The summed E-state index contributed by atoms with van der Waals surface area (Å²) in [6.07, 6.45) is 0. The number of carbonyl (C=O) groups is 1. The summed E-state index contributed by atoms with van der Waals surface area (Å²) in [5.74, 6) is 0.695. The van der Waals surface area contributed by atoms with Gasteiger partial charge in [0.2, 0.25) is 11.9 Å². The Balaban J connectivity index is 2.40. The van der Waals surface area contributed by atoms with Gasteiger partial charge in [-0.1, -0.05) is 13.8 Å². The number of imidazole rings is 1. The van der Waals surface area contributed by atoms with E-state index in [0.29, 0.717) is 25.0 Å². The highest BCUT2D eigenvalue weighted by molar-refractivity contribution is 5.85. The van der Waals surface area contributed by atoms with Gasteiger partial charge in [0.25, 0.3) is 0 Å². The molecule has 0 spiro atoms. The number of anilines is 1. The molecule has 0 saturated heterocycles. The van der Waals surface area contributed by atoms with Gasteiger partial charge in [-0.05, 0) is 26.7 Å². The average molecular weight is 292 g/mol. The van der Waals surface area contributed by atoms with Gasteiger partial charge in [-0.2, -0.15) is 5.10 Å². The fourth-order valence-electron chi connectivity index (χ4n) is 2.38. The number of hydrogen-bond acceptors (Lipinski definition) is 4. The Labute approximate surface area is 124 Å². The van der Waals surface area contributed by atoms with Crippen LogP contribution in [-0.2, 0) is 11.3 Å². The molecule has 7 nitrogen and oxygen atoms in total. The van der Waals surface area contributed by atoms with Gasteiger partial charge in [-0.3, -0.25) is 9.36 Å². The minimum atomic E-state index is -0.421. The minimum Gasteiger partial charge on any atom is -0.369 e. The molecule has 3 N–H and O–H groups in total. The first kappa shape index (κ1) is 15.3. The second-order valence-corrected chi connectivity index (χ2v) is 5.73. The van der Waals surface area contributed by atoms with Crippen LogP contribution in [0, 0.1) is 12.8 Å². The number of nitrogen functional groups attached to an aromatic ring is 1. The SMILES string of the molecule is CCn1nc(C)c2nc(N)n(C(C)C(=O)NCC(C)C)c21. The van der Waals surface area contributed by atoms with Gasteiger partial charge < -0.3 is 11.1 Å². The van der Waals surface area contributed by atoms with Gasteiger partial charge >= 0.3 is 0 Å². The zero-order valence-electron chi connectivity index (χ0n) is 13.3. The lowest BCUT2D eigenvalue weighted by atomic mass is 10.2. The van der Waals surface area contributed by atoms with Gasteiger partial charge in [0.15, 0.2) is 5.65 Å². The Morgan fingerprint density at radius 1 is 1.38 bits per heavy atom. The summed E-state index contributed by atoms with van der Waals surface area (Å²) in [6.45, 7) is 11.2. The van der Waals surface area contributed by atoms with Crippen LogP contribution in [0.4, 0.5) is 5.95 Å². The highest BCUT2D eigenvalue weighted by atomic mass is 16.2. The topological polar surface area (TPSA) is 90.8 Å². The molecule has 1 unspecified atom stereocenters. The number of amides is 1. The van der Waals surface area contributed by atoms with E-state index in [9.17, 15) is 4.79 Å². The normalized spacial score (nSPS) is 13.0. The first-order valence-electron chi connectivity index (χ1n) is 7.35. The van der Waals surface area contributed by atoms with Crippen molar-refractivity contribution in [3.63, 3.8) is 0 Å². The van der Waals surface area contributed by atoms with Crippen LogP contribution >= 0.6 is 0 Å². The molecule has 0 aliphatic heterocycles. The second-order valence-electron chi connectivity index (χ2n) is 5.73. The number of aromatic nitrogens is 4. The van der Waals surface area contributed by atoms with E-state index in [4.69, 9.17) is 5.73 Å². The minimum absolute atomic E-state index is 0.0591. The zero-order valence-corrected chi connectivity index (χ0v) is 13.3. The molecule has 0 saturated carbocycles. The largest absolute Gasteiger partial charge is 0.369 e. The summed E-state index contributed by atoms with van der Waals surface area (Å²) in [5.41, 5.74) is 8.41. The molecule has 7 heteroatoms. The highest BCUT2D eigenvalue weighted by Crippen LogP contribution is 2.25.